The van der Waals surface area contributed by atoms with E-state index in [4.69, 9.17) is 5.73 Å². The maximum Gasteiger partial charge on any atom is 0.193 e. The SMILES string of the molecule is Cc1ccc(NC(N)=NCC(C)(C)N2CC(C)CC(C)C2)cc1. The molecule has 2 rings (SSSR count). The molecule has 2 unspecified atom stereocenters. The Morgan fingerprint density at radius 1 is 1.22 bits per heavy atom. The molecule has 128 valence electrons. The zero-order valence-corrected chi connectivity index (χ0v) is 15.3. The van der Waals surface area contributed by atoms with E-state index in [-0.39, 0.29) is 5.54 Å². The summed E-state index contributed by atoms with van der Waals surface area (Å²) < 4.78 is 0. The Hall–Kier alpha value is -1.55. The van der Waals surface area contributed by atoms with Gasteiger partial charge in [0.05, 0.1) is 6.54 Å². The highest BCUT2D eigenvalue weighted by Crippen LogP contribution is 2.27. The van der Waals surface area contributed by atoms with Crippen LogP contribution in [0.2, 0.25) is 0 Å². The van der Waals surface area contributed by atoms with E-state index in [1.807, 2.05) is 12.1 Å². The van der Waals surface area contributed by atoms with Crippen LogP contribution in [-0.4, -0.2) is 36.0 Å². The van der Waals surface area contributed by atoms with E-state index in [1.54, 1.807) is 0 Å². The van der Waals surface area contributed by atoms with Gasteiger partial charge in [0.15, 0.2) is 5.96 Å². The molecule has 23 heavy (non-hydrogen) atoms. The van der Waals surface area contributed by atoms with Gasteiger partial charge in [-0.05, 0) is 51.2 Å². The molecule has 4 heteroatoms. The number of rotatable bonds is 4. The summed E-state index contributed by atoms with van der Waals surface area (Å²) >= 11 is 0. The van der Waals surface area contributed by atoms with E-state index in [0.29, 0.717) is 12.5 Å². The largest absolute Gasteiger partial charge is 0.370 e. The average molecular weight is 316 g/mol. The van der Waals surface area contributed by atoms with E-state index < -0.39 is 0 Å². The summed E-state index contributed by atoms with van der Waals surface area (Å²) in [6.07, 6.45) is 1.33. The number of hydrogen-bond acceptors (Lipinski definition) is 2. The second kappa shape index (κ2) is 7.35. The van der Waals surface area contributed by atoms with Gasteiger partial charge in [-0.2, -0.15) is 0 Å². The monoisotopic (exact) mass is 316 g/mol. The number of likely N-dealkylation sites (tertiary alicyclic amines) is 1. The standard InChI is InChI=1S/C19H32N4/c1-14-6-8-17(9-7-14)22-18(20)21-13-19(4,5)23-11-15(2)10-16(3)12-23/h6-9,15-16H,10-13H2,1-5H3,(H3,20,21,22). The van der Waals surface area contributed by atoms with Gasteiger partial charge in [-0.1, -0.05) is 31.5 Å². The number of benzene rings is 1. The first kappa shape index (κ1) is 17.8. The van der Waals surface area contributed by atoms with Crippen LogP contribution in [0.15, 0.2) is 29.3 Å². The molecule has 0 spiro atoms. The third-order valence-electron chi connectivity index (χ3n) is 4.69. The van der Waals surface area contributed by atoms with E-state index in [1.165, 1.54) is 12.0 Å². The van der Waals surface area contributed by atoms with Gasteiger partial charge >= 0.3 is 0 Å². The molecule has 0 aromatic heterocycles. The number of aryl methyl sites for hydroxylation is 1. The summed E-state index contributed by atoms with van der Waals surface area (Å²) in [5.41, 5.74) is 8.30. The van der Waals surface area contributed by atoms with Crippen LogP contribution in [0.5, 0.6) is 0 Å². The lowest BCUT2D eigenvalue weighted by atomic mass is 9.88. The summed E-state index contributed by atoms with van der Waals surface area (Å²) in [6.45, 7) is 14.3. The number of nitrogens with zero attached hydrogens (tertiary/aromatic N) is 2. The molecule has 1 fully saturated rings. The minimum atomic E-state index is 0.0303. The summed E-state index contributed by atoms with van der Waals surface area (Å²) in [7, 11) is 0. The van der Waals surface area contributed by atoms with Crippen molar-refractivity contribution < 1.29 is 0 Å². The Labute approximate surface area is 141 Å². The van der Waals surface area contributed by atoms with E-state index in [2.05, 4.69) is 62.0 Å². The van der Waals surface area contributed by atoms with Crippen LogP contribution in [0, 0.1) is 18.8 Å². The van der Waals surface area contributed by atoms with Gasteiger partial charge < -0.3 is 11.1 Å². The second-order valence-corrected chi connectivity index (χ2v) is 7.86. The molecule has 1 aromatic rings. The third kappa shape index (κ3) is 5.24. The molecule has 2 atom stereocenters. The van der Waals surface area contributed by atoms with Crippen molar-refractivity contribution in [1.82, 2.24) is 4.90 Å². The minimum Gasteiger partial charge on any atom is -0.370 e. The molecule has 0 amide bonds. The first-order valence-electron chi connectivity index (χ1n) is 8.65. The van der Waals surface area contributed by atoms with Crippen molar-refractivity contribution in [2.75, 3.05) is 25.0 Å². The van der Waals surface area contributed by atoms with Crippen molar-refractivity contribution in [3.8, 4) is 0 Å². The van der Waals surface area contributed by atoms with Gasteiger partial charge in [-0.15, -0.1) is 0 Å². The number of nitrogens with two attached hydrogens (primary N) is 1. The molecule has 0 saturated carbocycles. The van der Waals surface area contributed by atoms with Crippen LogP contribution in [0.3, 0.4) is 0 Å². The van der Waals surface area contributed by atoms with Crippen LogP contribution in [0.4, 0.5) is 5.69 Å². The number of aliphatic imine (C=N–C) groups is 1. The molecule has 1 aromatic carbocycles. The topological polar surface area (TPSA) is 53.6 Å². The van der Waals surface area contributed by atoms with Gasteiger partial charge in [0.1, 0.15) is 0 Å². The number of piperidine rings is 1. The zero-order chi connectivity index (χ0) is 17.0. The zero-order valence-electron chi connectivity index (χ0n) is 15.3. The van der Waals surface area contributed by atoms with Crippen LogP contribution < -0.4 is 11.1 Å². The van der Waals surface area contributed by atoms with Gasteiger partial charge in [-0.25, -0.2) is 0 Å². The smallest absolute Gasteiger partial charge is 0.193 e. The number of nitrogens with one attached hydrogen (secondary N) is 1. The van der Waals surface area contributed by atoms with Crippen molar-refractivity contribution in [3.05, 3.63) is 29.8 Å². The van der Waals surface area contributed by atoms with Crippen molar-refractivity contribution in [3.63, 3.8) is 0 Å². The van der Waals surface area contributed by atoms with Crippen LogP contribution in [0.25, 0.3) is 0 Å². The Bertz CT molecular complexity index is 523. The molecule has 0 aliphatic carbocycles. The molecule has 0 radical (unpaired) electrons. The lowest BCUT2D eigenvalue weighted by Gasteiger charge is -2.44. The Kier molecular flexibility index (Phi) is 5.69. The van der Waals surface area contributed by atoms with Gasteiger partial charge in [0.2, 0.25) is 0 Å². The maximum atomic E-state index is 6.06. The number of guanidine groups is 1. The fourth-order valence-electron chi connectivity index (χ4n) is 3.36. The third-order valence-corrected chi connectivity index (χ3v) is 4.69. The van der Waals surface area contributed by atoms with Gasteiger partial charge in [-0.3, -0.25) is 9.89 Å². The van der Waals surface area contributed by atoms with Crippen molar-refractivity contribution >= 4 is 11.6 Å². The van der Waals surface area contributed by atoms with E-state index in [0.717, 1.165) is 30.6 Å². The highest BCUT2D eigenvalue weighted by molar-refractivity contribution is 5.92. The van der Waals surface area contributed by atoms with Gasteiger partial charge in [0.25, 0.3) is 0 Å². The molecule has 1 heterocycles. The molecule has 3 N–H and O–H groups in total. The lowest BCUT2D eigenvalue weighted by Crippen LogP contribution is -2.52. The summed E-state index contributed by atoms with van der Waals surface area (Å²) in [4.78, 5) is 7.14. The average Bonchev–Trinajstić information content (AvgIpc) is 2.47. The summed E-state index contributed by atoms with van der Waals surface area (Å²) in [5, 5.41) is 3.17. The molecule has 1 saturated heterocycles. The van der Waals surface area contributed by atoms with Crippen molar-refractivity contribution in [1.29, 1.82) is 0 Å². The van der Waals surface area contributed by atoms with Crippen molar-refractivity contribution in [2.45, 2.75) is 46.6 Å². The first-order valence-corrected chi connectivity index (χ1v) is 8.65. The summed E-state index contributed by atoms with van der Waals surface area (Å²) in [6, 6.07) is 8.18. The highest BCUT2D eigenvalue weighted by atomic mass is 15.2. The lowest BCUT2D eigenvalue weighted by molar-refractivity contribution is 0.0513. The Balaban J connectivity index is 1.95. The van der Waals surface area contributed by atoms with Crippen molar-refractivity contribution in [2.24, 2.45) is 22.6 Å². The summed E-state index contributed by atoms with van der Waals surface area (Å²) in [5.74, 6) is 2.00. The predicted octanol–water partition coefficient (Wildman–Crippen LogP) is 3.48. The predicted molar refractivity (Wildman–Crippen MR) is 99.9 cm³/mol. The highest BCUT2D eigenvalue weighted by Gasteiger charge is 2.32. The second-order valence-electron chi connectivity index (χ2n) is 7.86. The molecule has 0 bridgehead atoms. The normalized spacial score (nSPS) is 23.8. The molecule has 1 aliphatic rings. The molecular formula is C19H32N4. The number of hydrogen-bond donors (Lipinski definition) is 2. The molecular weight excluding hydrogens is 284 g/mol. The Morgan fingerprint density at radius 3 is 2.35 bits per heavy atom. The van der Waals surface area contributed by atoms with E-state index >= 15 is 0 Å². The van der Waals surface area contributed by atoms with E-state index in [9.17, 15) is 0 Å². The van der Waals surface area contributed by atoms with Crippen LogP contribution in [-0.2, 0) is 0 Å². The maximum absolute atomic E-state index is 6.06. The van der Waals surface area contributed by atoms with Crippen LogP contribution in [0.1, 0.15) is 39.7 Å². The molecule has 4 nitrogen and oxygen atoms in total. The fraction of sp³-hybridized carbons (Fsp3) is 0.632. The number of anilines is 1. The minimum absolute atomic E-state index is 0.0303. The Morgan fingerprint density at radius 2 is 1.78 bits per heavy atom. The molecule has 1 aliphatic heterocycles. The first-order chi connectivity index (χ1) is 10.8. The fourth-order valence-corrected chi connectivity index (χ4v) is 3.36. The van der Waals surface area contributed by atoms with Gasteiger partial charge in [0, 0.05) is 24.3 Å². The quantitative estimate of drug-likeness (QED) is 0.660. The van der Waals surface area contributed by atoms with Crippen LogP contribution >= 0.6 is 0 Å².